The van der Waals surface area contributed by atoms with Crippen LogP contribution < -0.4 is 4.90 Å². The summed E-state index contributed by atoms with van der Waals surface area (Å²) in [6.45, 7) is 1.25. The molecule has 1 fully saturated rings. The van der Waals surface area contributed by atoms with Crippen molar-refractivity contribution < 1.29 is 8.42 Å². The Morgan fingerprint density at radius 1 is 1.09 bits per heavy atom. The van der Waals surface area contributed by atoms with Crippen molar-refractivity contribution in [1.29, 1.82) is 0 Å². The Balaban J connectivity index is 1.83. The fourth-order valence-electron chi connectivity index (χ4n) is 2.65. The van der Waals surface area contributed by atoms with Crippen LogP contribution in [0.1, 0.15) is 19.3 Å². The van der Waals surface area contributed by atoms with Crippen molar-refractivity contribution >= 4 is 26.5 Å². The number of sulfonamides is 1. The predicted molar refractivity (Wildman–Crippen MR) is 94.5 cm³/mol. The van der Waals surface area contributed by atoms with E-state index in [9.17, 15) is 8.42 Å². The van der Waals surface area contributed by atoms with Crippen molar-refractivity contribution in [2.75, 3.05) is 32.1 Å². The topological polar surface area (TPSA) is 53.5 Å². The number of nitrogens with zero attached hydrogens (tertiary/aromatic N) is 3. The summed E-state index contributed by atoms with van der Waals surface area (Å²) in [5.41, 5.74) is 1.81. The molecule has 0 N–H and O–H groups in total. The van der Waals surface area contributed by atoms with E-state index >= 15 is 0 Å². The summed E-state index contributed by atoms with van der Waals surface area (Å²) in [5.74, 6) is 0. The van der Waals surface area contributed by atoms with Gasteiger partial charge >= 0.3 is 0 Å². The molecule has 0 aliphatic carbocycles. The molecule has 1 aliphatic heterocycles. The van der Waals surface area contributed by atoms with E-state index in [1.165, 1.54) is 0 Å². The molecular formula is C16H21N3O2S2. The van der Waals surface area contributed by atoms with Crippen LogP contribution in [0.3, 0.4) is 0 Å². The Labute approximate surface area is 141 Å². The van der Waals surface area contributed by atoms with Gasteiger partial charge in [-0.2, -0.15) is 4.31 Å². The molecule has 3 rings (SSSR count). The molecule has 7 heteroatoms. The molecule has 2 aromatic rings. The Morgan fingerprint density at radius 2 is 1.74 bits per heavy atom. The van der Waals surface area contributed by atoms with Gasteiger partial charge in [-0.25, -0.2) is 13.4 Å². The number of thiazole rings is 1. The average Bonchev–Trinajstić information content (AvgIpc) is 3.06. The van der Waals surface area contributed by atoms with Crippen molar-refractivity contribution in [3.8, 4) is 11.3 Å². The van der Waals surface area contributed by atoms with Gasteiger partial charge in [-0.1, -0.05) is 18.6 Å². The molecule has 1 aromatic carbocycles. The Bertz CT molecular complexity index is 761. The molecule has 5 nitrogen and oxygen atoms in total. The molecular weight excluding hydrogens is 330 g/mol. The lowest BCUT2D eigenvalue weighted by Gasteiger charge is -2.25. The summed E-state index contributed by atoms with van der Waals surface area (Å²) in [4.78, 5) is 6.87. The van der Waals surface area contributed by atoms with Crippen LogP contribution in [0.5, 0.6) is 0 Å². The molecule has 0 unspecified atom stereocenters. The number of anilines is 1. The number of piperidine rings is 1. The smallest absolute Gasteiger partial charge is 0.243 e. The third-order valence-electron chi connectivity index (χ3n) is 3.98. The molecule has 0 saturated carbocycles. The van der Waals surface area contributed by atoms with E-state index < -0.39 is 10.0 Å². The molecule has 0 spiro atoms. The zero-order valence-corrected chi connectivity index (χ0v) is 15.0. The largest absolute Gasteiger partial charge is 0.354 e. The first-order valence-corrected chi connectivity index (χ1v) is 10.0. The van der Waals surface area contributed by atoms with Crippen LogP contribution in [0.25, 0.3) is 11.3 Å². The lowest BCUT2D eigenvalue weighted by molar-refractivity contribution is 0.346. The fourth-order valence-corrected chi connectivity index (χ4v) is 4.94. The minimum atomic E-state index is -3.36. The van der Waals surface area contributed by atoms with Gasteiger partial charge in [0.1, 0.15) is 0 Å². The van der Waals surface area contributed by atoms with Crippen molar-refractivity contribution in [1.82, 2.24) is 9.29 Å². The highest BCUT2D eigenvalue weighted by Gasteiger charge is 2.25. The lowest BCUT2D eigenvalue weighted by atomic mass is 10.2. The highest BCUT2D eigenvalue weighted by Crippen LogP contribution is 2.28. The molecule has 0 amide bonds. The van der Waals surface area contributed by atoms with Crippen LogP contribution in [0, 0.1) is 0 Å². The molecule has 23 heavy (non-hydrogen) atoms. The molecule has 124 valence electrons. The first-order valence-electron chi connectivity index (χ1n) is 7.72. The minimum absolute atomic E-state index is 0.367. The standard InChI is InChI=1S/C16H21N3O2S2/c1-18(2)16-17-15(12-22-16)13-6-8-14(9-7-13)23(20,21)19-10-4-3-5-11-19/h6-9,12H,3-5,10-11H2,1-2H3. The summed E-state index contributed by atoms with van der Waals surface area (Å²) in [7, 11) is 0.549. The molecule has 0 bridgehead atoms. The molecule has 0 radical (unpaired) electrons. The van der Waals surface area contributed by atoms with Gasteiger partial charge in [0.05, 0.1) is 10.6 Å². The van der Waals surface area contributed by atoms with Gasteiger partial charge in [0.2, 0.25) is 10.0 Å². The van der Waals surface area contributed by atoms with Gasteiger partial charge in [-0.15, -0.1) is 11.3 Å². The SMILES string of the molecule is CN(C)c1nc(-c2ccc(S(=O)(=O)N3CCCCC3)cc2)cs1. The van der Waals surface area contributed by atoms with Crippen molar-refractivity contribution in [3.05, 3.63) is 29.6 Å². The number of hydrogen-bond acceptors (Lipinski definition) is 5. The van der Waals surface area contributed by atoms with Gasteiger partial charge in [0.15, 0.2) is 5.13 Å². The van der Waals surface area contributed by atoms with Crippen molar-refractivity contribution in [3.63, 3.8) is 0 Å². The number of aromatic nitrogens is 1. The number of rotatable bonds is 4. The monoisotopic (exact) mass is 351 g/mol. The van der Waals surface area contributed by atoms with Crippen LogP contribution in [0.15, 0.2) is 34.5 Å². The maximum Gasteiger partial charge on any atom is 0.243 e. The van der Waals surface area contributed by atoms with E-state index in [2.05, 4.69) is 4.98 Å². The predicted octanol–water partition coefficient (Wildman–Crippen LogP) is 3.05. The van der Waals surface area contributed by atoms with E-state index in [1.54, 1.807) is 27.8 Å². The Hall–Kier alpha value is -1.44. The van der Waals surface area contributed by atoms with Gasteiger partial charge in [0, 0.05) is 38.1 Å². The second-order valence-electron chi connectivity index (χ2n) is 5.90. The second kappa shape index (κ2) is 6.59. The summed E-state index contributed by atoms with van der Waals surface area (Å²) in [5, 5.41) is 2.92. The number of hydrogen-bond donors (Lipinski definition) is 0. The van der Waals surface area contributed by atoms with Crippen LogP contribution in [0.2, 0.25) is 0 Å². The minimum Gasteiger partial charge on any atom is -0.354 e. The average molecular weight is 351 g/mol. The normalized spacial score (nSPS) is 16.4. The highest BCUT2D eigenvalue weighted by atomic mass is 32.2. The zero-order chi connectivity index (χ0) is 16.4. The maximum atomic E-state index is 12.6. The van der Waals surface area contributed by atoms with E-state index in [0.717, 1.165) is 35.7 Å². The van der Waals surface area contributed by atoms with Crippen molar-refractivity contribution in [2.24, 2.45) is 0 Å². The van der Waals surface area contributed by atoms with Crippen LogP contribution in [-0.2, 0) is 10.0 Å². The van der Waals surface area contributed by atoms with E-state index in [0.29, 0.717) is 18.0 Å². The second-order valence-corrected chi connectivity index (χ2v) is 8.67. The van der Waals surface area contributed by atoms with Gasteiger partial charge in [0.25, 0.3) is 0 Å². The third kappa shape index (κ3) is 3.41. The Morgan fingerprint density at radius 3 is 2.30 bits per heavy atom. The van der Waals surface area contributed by atoms with E-state index in [4.69, 9.17) is 0 Å². The van der Waals surface area contributed by atoms with Crippen molar-refractivity contribution in [2.45, 2.75) is 24.2 Å². The molecule has 1 aromatic heterocycles. The quantitative estimate of drug-likeness (QED) is 0.849. The van der Waals surface area contributed by atoms with Gasteiger partial charge in [-0.05, 0) is 25.0 Å². The fraction of sp³-hybridized carbons (Fsp3) is 0.438. The molecule has 1 aliphatic rings. The van der Waals surface area contributed by atoms with Crippen LogP contribution in [-0.4, -0.2) is 44.9 Å². The first-order chi connectivity index (χ1) is 11.0. The van der Waals surface area contributed by atoms with E-state index in [1.807, 2.05) is 36.5 Å². The summed E-state index contributed by atoms with van der Waals surface area (Å²) >= 11 is 1.57. The lowest BCUT2D eigenvalue weighted by Crippen LogP contribution is -2.35. The van der Waals surface area contributed by atoms with Crippen LogP contribution in [0.4, 0.5) is 5.13 Å². The highest BCUT2D eigenvalue weighted by molar-refractivity contribution is 7.89. The zero-order valence-electron chi connectivity index (χ0n) is 13.4. The summed E-state index contributed by atoms with van der Waals surface area (Å²) < 4.78 is 26.9. The Kier molecular flexibility index (Phi) is 4.70. The summed E-state index contributed by atoms with van der Waals surface area (Å²) in [6.07, 6.45) is 3.01. The number of benzene rings is 1. The summed E-state index contributed by atoms with van der Waals surface area (Å²) in [6, 6.07) is 7.05. The molecule has 0 atom stereocenters. The van der Waals surface area contributed by atoms with Crippen LogP contribution >= 0.6 is 11.3 Å². The molecule has 1 saturated heterocycles. The van der Waals surface area contributed by atoms with Gasteiger partial charge in [-0.3, -0.25) is 0 Å². The van der Waals surface area contributed by atoms with Gasteiger partial charge < -0.3 is 4.90 Å². The first kappa shape index (κ1) is 16.4. The molecule has 2 heterocycles. The van der Waals surface area contributed by atoms with E-state index in [-0.39, 0.29) is 0 Å². The maximum absolute atomic E-state index is 12.6. The third-order valence-corrected chi connectivity index (χ3v) is 6.90.